The van der Waals surface area contributed by atoms with Crippen molar-refractivity contribution in [3.63, 3.8) is 0 Å². The molecule has 0 aromatic heterocycles. The van der Waals surface area contributed by atoms with Gasteiger partial charge in [0.2, 0.25) is 0 Å². The van der Waals surface area contributed by atoms with Gasteiger partial charge >= 0.3 is 6.03 Å². The smallest absolute Gasteiger partial charge is 0.306 e. The molecule has 0 aliphatic carbocycles. The molecule has 104 valence electrons. The molecule has 0 spiro atoms. The summed E-state index contributed by atoms with van der Waals surface area (Å²) in [4.78, 5) is 25.0. The van der Waals surface area contributed by atoms with Crippen molar-refractivity contribution in [2.75, 3.05) is 0 Å². The SMILES string of the molecule is CCC1(C)C(=O)NC(=O)N1Cc1cc(F)cc(C#N)c1. The second-order valence-corrected chi connectivity index (χ2v) is 4.93. The Kier molecular flexibility index (Phi) is 3.45. The first-order chi connectivity index (χ1) is 9.40. The van der Waals surface area contributed by atoms with Crippen molar-refractivity contribution >= 4 is 11.9 Å². The maximum atomic E-state index is 13.4. The molecule has 20 heavy (non-hydrogen) atoms. The van der Waals surface area contributed by atoms with E-state index in [0.29, 0.717) is 12.0 Å². The molecule has 0 saturated carbocycles. The zero-order valence-electron chi connectivity index (χ0n) is 11.2. The van der Waals surface area contributed by atoms with E-state index in [1.165, 1.54) is 17.0 Å². The number of nitrogens with one attached hydrogen (secondary N) is 1. The molecule has 1 fully saturated rings. The van der Waals surface area contributed by atoms with Crippen LogP contribution < -0.4 is 5.32 Å². The molecule has 1 saturated heterocycles. The molecular formula is C14H14FN3O2. The number of imide groups is 1. The third-order valence-electron chi connectivity index (χ3n) is 3.67. The van der Waals surface area contributed by atoms with Crippen molar-refractivity contribution in [3.05, 3.63) is 35.1 Å². The minimum Gasteiger partial charge on any atom is -0.306 e. The predicted molar refractivity (Wildman–Crippen MR) is 68.9 cm³/mol. The standard InChI is InChI=1S/C14H14FN3O2/c1-3-14(2)12(19)17-13(20)18(14)8-10-4-9(7-16)5-11(15)6-10/h4-6H,3,8H2,1-2H3,(H,17,19,20). The first-order valence-electron chi connectivity index (χ1n) is 6.23. The summed E-state index contributed by atoms with van der Waals surface area (Å²) in [7, 11) is 0. The Labute approximate surface area is 116 Å². The predicted octanol–water partition coefficient (Wildman–Crippen LogP) is 1.92. The molecule has 0 radical (unpaired) electrons. The monoisotopic (exact) mass is 275 g/mol. The van der Waals surface area contributed by atoms with E-state index in [4.69, 9.17) is 5.26 Å². The van der Waals surface area contributed by atoms with Gasteiger partial charge in [0.15, 0.2) is 0 Å². The fourth-order valence-corrected chi connectivity index (χ4v) is 2.23. The van der Waals surface area contributed by atoms with E-state index in [-0.39, 0.29) is 18.0 Å². The van der Waals surface area contributed by atoms with Crippen molar-refractivity contribution in [3.8, 4) is 6.07 Å². The molecule has 6 heteroatoms. The third-order valence-corrected chi connectivity index (χ3v) is 3.67. The number of nitriles is 1. The maximum absolute atomic E-state index is 13.4. The average Bonchev–Trinajstić information content (AvgIpc) is 2.62. The number of hydrogen-bond acceptors (Lipinski definition) is 3. The van der Waals surface area contributed by atoms with Gasteiger partial charge < -0.3 is 4.90 Å². The van der Waals surface area contributed by atoms with Gasteiger partial charge in [-0.3, -0.25) is 10.1 Å². The van der Waals surface area contributed by atoms with Crippen LogP contribution in [0.3, 0.4) is 0 Å². The molecule has 1 heterocycles. The highest BCUT2D eigenvalue weighted by Crippen LogP contribution is 2.27. The quantitative estimate of drug-likeness (QED) is 0.856. The number of rotatable bonds is 3. The Balaban J connectivity index is 2.34. The number of urea groups is 1. The highest BCUT2D eigenvalue weighted by Gasteiger charge is 2.47. The minimum atomic E-state index is -0.948. The van der Waals surface area contributed by atoms with Gasteiger partial charge in [-0.1, -0.05) is 6.92 Å². The second-order valence-electron chi connectivity index (χ2n) is 4.93. The zero-order chi connectivity index (χ0) is 14.9. The molecular weight excluding hydrogens is 261 g/mol. The molecule has 2 rings (SSSR count). The Hall–Kier alpha value is -2.42. The maximum Gasteiger partial charge on any atom is 0.325 e. The summed E-state index contributed by atoms with van der Waals surface area (Å²) in [6.45, 7) is 3.55. The lowest BCUT2D eigenvalue weighted by Crippen LogP contribution is -2.46. The van der Waals surface area contributed by atoms with Gasteiger partial charge in [-0.05, 0) is 37.1 Å². The Morgan fingerprint density at radius 1 is 1.40 bits per heavy atom. The van der Waals surface area contributed by atoms with Gasteiger partial charge in [0.25, 0.3) is 5.91 Å². The van der Waals surface area contributed by atoms with Gasteiger partial charge in [-0.25, -0.2) is 9.18 Å². The van der Waals surface area contributed by atoms with Crippen LogP contribution in [0, 0.1) is 17.1 Å². The van der Waals surface area contributed by atoms with E-state index in [9.17, 15) is 14.0 Å². The summed E-state index contributed by atoms with van der Waals surface area (Å²) in [5.41, 5.74) is -0.286. The van der Waals surface area contributed by atoms with Crippen molar-refractivity contribution < 1.29 is 14.0 Å². The van der Waals surface area contributed by atoms with Crippen molar-refractivity contribution in [2.24, 2.45) is 0 Å². The Morgan fingerprint density at radius 3 is 2.70 bits per heavy atom. The van der Waals surface area contributed by atoms with Gasteiger partial charge in [0.05, 0.1) is 11.6 Å². The van der Waals surface area contributed by atoms with Gasteiger partial charge in [-0.15, -0.1) is 0 Å². The van der Waals surface area contributed by atoms with Crippen LogP contribution in [0.2, 0.25) is 0 Å². The molecule has 1 N–H and O–H groups in total. The Morgan fingerprint density at radius 2 is 2.10 bits per heavy atom. The van der Waals surface area contributed by atoms with Crippen LogP contribution in [0.4, 0.5) is 9.18 Å². The number of hydrogen-bond donors (Lipinski definition) is 1. The van der Waals surface area contributed by atoms with E-state index in [1.807, 2.05) is 6.07 Å². The van der Waals surface area contributed by atoms with E-state index in [1.54, 1.807) is 13.8 Å². The van der Waals surface area contributed by atoms with Crippen LogP contribution in [0.15, 0.2) is 18.2 Å². The lowest BCUT2D eigenvalue weighted by molar-refractivity contribution is -0.126. The van der Waals surface area contributed by atoms with Crippen molar-refractivity contribution in [2.45, 2.75) is 32.4 Å². The van der Waals surface area contributed by atoms with Crippen LogP contribution in [-0.2, 0) is 11.3 Å². The lowest BCUT2D eigenvalue weighted by atomic mass is 9.96. The van der Waals surface area contributed by atoms with Gasteiger partial charge in [0.1, 0.15) is 11.4 Å². The number of carbonyl (C=O) groups is 2. The fourth-order valence-electron chi connectivity index (χ4n) is 2.23. The molecule has 3 amide bonds. The normalized spacial score (nSPS) is 21.8. The third kappa shape index (κ3) is 2.23. The summed E-state index contributed by atoms with van der Waals surface area (Å²) >= 11 is 0. The summed E-state index contributed by atoms with van der Waals surface area (Å²) in [5.74, 6) is -0.898. The van der Waals surface area contributed by atoms with Crippen LogP contribution >= 0.6 is 0 Å². The van der Waals surface area contributed by atoms with E-state index < -0.39 is 17.4 Å². The summed E-state index contributed by atoms with van der Waals surface area (Å²) in [6, 6.07) is 5.25. The number of halogens is 1. The number of nitrogens with zero attached hydrogens (tertiary/aromatic N) is 2. The highest BCUT2D eigenvalue weighted by molar-refractivity contribution is 6.06. The molecule has 1 aromatic rings. The summed E-state index contributed by atoms with van der Waals surface area (Å²) in [5, 5.41) is 11.1. The van der Waals surface area contributed by atoms with E-state index >= 15 is 0 Å². The molecule has 1 aliphatic heterocycles. The molecule has 1 aliphatic rings. The zero-order valence-corrected chi connectivity index (χ0v) is 11.2. The largest absolute Gasteiger partial charge is 0.325 e. The van der Waals surface area contributed by atoms with Crippen LogP contribution in [-0.4, -0.2) is 22.4 Å². The molecule has 5 nitrogen and oxygen atoms in total. The second kappa shape index (κ2) is 4.93. The first-order valence-corrected chi connectivity index (χ1v) is 6.23. The molecule has 1 atom stereocenters. The first kappa shape index (κ1) is 14.0. The van der Waals surface area contributed by atoms with Crippen molar-refractivity contribution in [1.29, 1.82) is 5.26 Å². The number of carbonyl (C=O) groups excluding carboxylic acids is 2. The van der Waals surface area contributed by atoms with Crippen LogP contribution in [0.5, 0.6) is 0 Å². The fraction of sp³-hybridized carbons (Fsp3) is 0.357. The Bertz CT molecular complexity index is 623. The number of benzene rings is 1. The summed E-state index contributed by atoms with van der Waals surface area (Å²) < 4.78 is 13.4. The molecule has 1 unspecified atom stereocenters. The summed E-state index contributed by atoms with van der Waals surface area (Å²) in [6.07, 6.45) is 0.449. The highest BCUT2D eigenvalue weighted by atomic mass is 19.1. The topological polar surface area (TPSA) is 73.2 Å². The van der Waals surface area contributed by atoms with Gasteiger partial charge in [-0.2, -0.15) is 5.26 Å². The van der Waals surface area contributed by atoms with Crippen molar-refractivity contribution in [1.82, 2.24) is 10.2 Å². The van der Waals surface area contributed by atoms with E-state index in [0.717, 1.165) is 6.07 Å². The molecule has 0 bridgehead atoms. The number of amides is 3. The van der Waals surface area contributed by atoms with Gasteiger partial charge in [0, 0.05) is 6.54 Å². The van der Waals surface area contributed by atoms with E-state index in [2.05, 4.69) is 5.32 Å². The van der Waals surface area contributed by atoms with Crippen LogP contribution in [0.1, 0.15) is 31.4 Å². The van der Waals surface area contributed by atoms with Crippen LogP contribution in [0.25, 0.3) is 0 Å². The molecule has 1 aromatic carbocycles. The minimum absolute atomic E-state index is 0.0777. The lowest BCUT2D eigenvalue weighted by Gasteiger charge is -2.30. The average molecular weight is 275 g/mol.